The largest absolute Gasteiger partial charge is 0.502 e. The molecule has 0 bridgehead atoms. The van der Waals surface area contributed by atoms with Gasteiger partial charge >= 0.3 is 0 Å². The molecule has 0 radical (unpaired) electrons. The summed E-state index contributed by atoms with van der Waals surface area (Å²) in [4.78, 5) is 9.13. The van der Waals surface area contributed by atoms with Crippen LogP contribution in [0.15, 0.2) is 48.8 Å². The van der Waals surface area contributed by atoms with E-state index in [0.717, 1.165) is 29.7 Å². The van der Waals surface area contributed by atoms with Crippen LogP contribution in [0.2, 0.25) is 5.02 Å². The van der Waals surface area contributed by atoms with Crippen molar-refractivity contribution in [2.24, 2.45) is 0 Å². The molecule has 1 fully saturated rings. The third-order valence-corrected chi connectivity index (χ3v) is 5.17. The number of aromatic hydroxyl groups is 1. The monoisotopic (exact) mass is 341 g/mol. The normalized spacial score (nSPS) is 16.5. The topological polar surface area (TPSA) is 51.7 Å². The van der Waals surface area contributed by atoms with E-state index in [-0.39, 0.29) is 11.8 Å². The summed E-state index contributed by atoms with van der Waals surface area (Å²) in [5, 5.41) is 12.4. The van der Waals surface area contributed by atoms with Crippen LogP contribution in [0.3, 0.4) is 0 Å². The lowest BCUT2D eigenvalue weighted by molar-refractivity contribution is -0.914. The van der Waals surface area contributed by atoms with E-state index in [4.69, 9.17) is 11.6 Å². The number of H-pyrrole nitrogens is 1. The van der Waals surface area contributed by atoms with Gasteiger partial charge in [-0.2, -0.15) is 0 Å². The van der Waals surface area contributed by atoms with E-state index in [2.05, 4.69) is 9.97 Å². The summed E-state index contributed by atoms with van der Waals surface area (Å²) in [5.74, 6) is 0.269. The molecule has 4 nitrogen and oxygen atoms in total. The number of nitrogens with one attached hydrogen (secondary N) is 2. The molecule has 0 aliphatic carbocycles. The molecule has 2 aromatic heterocycles. The molecule has 1 saturated heterocycles. The van der Waals surface area contributed by atoms with Gasteiger partial charge in [-0.05, 0) is 24.3 Å². The highest BCUT2D eigenvalue weighted by molar-refractivity contribution is 6.35. The zero-order valence-corrected chi connectivity index (χ0v) is 14.1. The number of hydrogen-bond donors (Lipinski definition) is 2. The fourth-order valence-corrected chi connectivity index (χ4v) is 4.01. The number of quaternary nitrogens is 1. The Hall–Kier alpha value is -2.17. The van der Waals surface area contributed by atoms with Gasteiger partial charge in [0.15, 0.2) is 18.0 Å². The Kier molecular flexibility index (Phi) is 4.08. The molecule has 0 amide bonds. The Morgan fingerprint density at radius 2 is 2.00 bits per heavy atom. The van der Waals surface area contributed by atoms with Gasteiger partial charge < -0.3 is 10.0 Å². The number of benzene rings is 1. The minimum Gasteiger partial charge on any atom is -0.502 e. The van der Waals surface area contributed by atoms with Gasteiger partial charge in [0.1, 0.15) is 5.69 Å². The number of pyridine rings is 2. The highest BCUT2D eigenvalue weighted by Crippen LogP contribution is 2.36. The molecule has 1 unspecified atom stereocenters. The van der Waals surface area contributed by atoms with Gasteiger partial charge in [0.05, 0.1) is 29.1 Å². The first-order chi connectivity index (χ1) is 11.8. The zero-order chi connectivity index (χ0) is 16.5. The second-order valence-corrected chi connectivity index (χ2v) is 6.72. The number of likely N-dealkylation sites (tertiary alicyclic amines) is 1. The predicted octanol–water partition coefficient (Wildman–Crippen LogP) is 2.18. The van der Waals surface area contributed by atoms with Crippen LogP contribution >= 0.6 is 11.6 Å². The Balaban J connectivity index is 1.92. The number of nitrogens with zero attached hydrogens (tertiary/aromatic N) is 1. The maximum atomic E-state index is 10.9. The molecule has 0 saturated carbocycles. The summed E-state index contributed by atoms with van der Waals surface area (Å²) in [7, 11) is 0. The lowest BCUT2D eigenvalue weighted by Gasteiger charge is -2.25. The number of phenols is 1. The zero-order valence-electron chi connectivity index (χ0n) is 13.3. The summed E-state index contributed by atoms with van der Waals surface area (Å²) < 4.78 is 0. The SMILES string of the molecule is Oc1c(C(c2ccccn2)[NH+]2CCCC2)cc(Cl)c2ccc[nH+]c12. The maximum absolute atomic E-state index is 10.9. The van der Waals surface area contributed by atoms with Gasteiger partial charge in [-0.3, -0.25) is 4.98 Å². The van der Waals surface area contributed by atoms with Crippen molar-refractivity contribution in [3.8, 4) is 5.75 Å². The Morgan fingerprint density at radius 3 is 2.75 bits per heavy atom. The van der Waals surface area contributed by atoms with Crippen LogP contribution in [0.5, 0.6) is 5.75 Å². The fraction of sp³-hybridized carbons (Fsp3) is 0.263. The predicted molar refractivity (Wildman–Crippen MR) is 93.2 cm³/mol. The van der Waals surface area contributed by atoms with Crippen molar-refractivity contribution in [3.63, 3.8) is 0 Å². The summed E-state index contributed by atoms with van der Waals surface area (Å²) in [6, 6.07) is 11.6. The summed E-state index contributed by atoms with van der Waals surface area (Å²) in [5.41, 5.74) is 2.49. The number of aromatic amines is 1. The van der Waals surface area contributed by atoms with Crippen LogP contribution in [-0.2, 0) is 0 Å². The first-order valence-corrected chi connectivity index (χ1v) is 8.71. The van der Waals surface area contributed by atoms with Gasteiger partial charge in [0, 0.05) is 25.1 Å². The summed E-state index contributed by atoms with van der Waals surface area (Å²) in [6.45, 7) is 2.16. The number of halogens is 1. The molecule has 3 N–H and O–H groups in total. The van der Waals surface area contributed by atoms with Crippen molar-refractivity contribution in [1.82, 2.24) is 4.98 Å². The Bertz CT molecular complexity index is 863. The van der Waals surface area contributed by atoms with Gasteiger partial charge in [0.2, 0.25) is 0 Å². The van der Waals surface area contributed by atoms with E-state index in [1.165, 1.54) is 17.7 Å². The van der Waals surface area contributed by atoms with E-state index >= 15 is 0 Å². The molecule has 24 heavy (non-hydrogen) atoms. The van der Waals surface area contributed by atoms with Crippen LogP contribution in [-0.4, -0.2) is 23.2 Å². The molecule has 3 heterocycles. The van der Waals surface area contributed by atoms with Crippen LogP contribution in [0.4, 0.5) is 0 Å². The summed E-state index contributed by atoms with van der Waals surface area (Å²) >= 11 is 6.51. The minimum atomic E-state index is -0.00999. The van der Waals surface area contributed by atoms with E-state index in [0.29, 0.717) is 10.5 Å². The van der Waals surface area contributed by atoms with Gasteiger partial charge in [-0.25, -0.2) is 4.98 Å². The highest BCUT2D eigenvalue weighted by Gasteiger charge is 2.34. The number of phenolic OH excluding ortho intramolecular Hbond substituents is 1. The standard InChI is InChI=1S/C19H18ClN3O/c20-15-12-14(19(24)17-13(15)6-5-9-22-17)18(23-10-3-4-11-23)16-7-1-2-8-21-16/h1-2,5-9,12,18,24H,3-4,10-11H2/p+2. The molecular weight excluding hydrogens is 322 g/mol. The van der Waals surface area contributed by atoms with Crippen LogP contribution in [0.1, 0.15) is 30.1 Å². The molecule has 3 aromatic rings. The molecular formula is C19H20ClN3O+2. The third-order valence-electron chi connectivity index (χ3n) is 4.85. The van der Waals surface area contributed by atoms with E-state index in [1.807, 2.05) is 42.6 Å². The molecule has 4 rings (SSSR count). The van der Waals surface area contributed by atoms with Crippen molar-refractivity contribution in [1.29, 1.82) is 0 Å². The average molecular weight is 342 g/mol. The molecule has 122 valence electrons. The van der Waals surface area contributed by atoms with Crippen molar-refractivity contribution < 1.29 is 15.0 Å². The fourth-order valence-electron chi connectivity index (χ4n) is 3.73. The maximum Gasteiger partial charge on any atom is 0.255 e. The molecule has 1 atom stereocenters. The van der Waals surface area contributed by atoms with Crippen LogP contribution in [0, 0.1) is 0 Å². The molecule has 1 aromatic carbocycles. The van der Waals surface area contributed by atoms with Crippen molar-refractivity contribution in [3.05, 3.63) is 65.1 Å². The second kappa shape index (κ2) is 6.38. The molecule has 0 spiro atoms. The smallest absolute Gasteiger partial charge is 0.255 e. The van der Waals surface area contributed by atoms with Gasteiger partial charge in [-0.1, -0.05) is 17.7 Å². The van der Waals surface area contributed by atoms with Gasteiger partial charge in [-0.15, -0.1) is 0 Å². The van der Waals surface area contributed by atoms with Crippen LogP contribution in [0.25, 0.3) is 10.9 Å². The van der Waals surface area contributed by atoms with E-state index in [9.17, 15) is 5.11 Å². The lowest BCUT2D eigenvalue weighted by Crippen LogP contribution is -3.10. The third kappa shape index (κ3) is 2.62. The Labute approximate surface area is 145 Å². The summed E-state index contributed by atoms with van der Waals surface area (Å²) in [6.07, 6.45) is 6.02. The first kappa shape index (κ1) is 15.4. The molecule has 5 heteroatoms. The minimum absolute atomic E-state index is 0.00999. The molecule has 1 aliphatic rings. The van der Waals surface area contributed by atoms with E-state index < -0.39 is 0 Å². The van der Waals surface area contributed by atoms with E-state index in [1.54, 1.807) is 6.20 Å². The lowest BCUT2D eigenvalue weighted by atomic mass is 9.98. The first-order valence-electron chi connectivity index (χ1n) is 8.33. The number of fused-ring (bicyclic) bond motifs is 1. The van der Waals surface area contributed by atoms with Gasteiger partial charge in [0.25, 0.3) is 5.52 Å². The van der Waals surface area contributed by atoms with Crippen molar-refractivity contribution in [2.45, 2.75) is 18.9 Å². The average Bonchev–Trinajstić information content (AvgIpc) is 3.15. The number of aromatic nitrogens is 2. The number of hydrogen-bond acceptors (Lipinski definition) is 2. The quantitative estimate of drug-likeness (QED) is 0.767. The number of rotatable bonds is 3. The highest BCUT2D eigenvalue weighted by atomic mass is 35.5. The van der Waals surface area contributed by atoms with Crippen molar-refractivity contribution in [2.75, 3.05) is 13.1 Å². The molecule has 1 aliphatic heterocycles. The van der Waals surface area contributed by atoms with Crippen molar-refractivity contribution >= 4 is 22.5 Å². The Morgan fingerprint density at radius 1 is 1.17 bits per heavy atom. The van der Waals surface area contributed by atoms with Crippen LogP contribution < -0.4 is 9.88 Å². The second-order valence-electron chi connectivity index (χ2n) is 6.31.